The number of aromatic carboxylic acids is 1. The molecule has 3 aromatic rings. The molecular weight excluding hydrogens is 284 g/mol. The molecule has 0 unspecified atom stereocenters. The molecule has 0 fully saturated rings. The van der Waals surface area contributed by atoms with E-state index in [1.54, 1.807) is 23.5 Å². The molecule has 0 radical (unpaired) electrons. The lowest BCUT2D eigenvalue weighted by molar-refractivity contribution is 0.0697. The number of hydrogen-bond donors (Lipinski definition) is 1. The number of nitrogens with zero attached hydrogens (tertiary/aromatic N) is 2. The third-order valence-electron chi connectivity index (χ3n) is 3.42. The van der Waals surface area contributed by atoms with E-state index in [0.717, 1.165) is 21.6 Å². The number of carboxylic acid groups (broad SMARTS) is 1. The molecule has 0 aliphatic rings. The molecule has 0 aliphatic carbocycles. The zero-order valence-electron chi connectivity index (χ0n) is 11.9. The van der Waals surface area contributed by atoms with Crippen molar-refractivity contribution in [1.82, 2.24) is 9.55 Å². The van der Waals surface area contributed by atoms with Crippen LogP contribution in [0.25, 0.3) is 10.9 Å². The molecule has 1 N–H and O–H groups in total. The van der Waals surface area contributed by atoms with Gasteiger partial charge in [-0.05, 0) is 23.6 Å². The summed E-state index contributed by atoms with van der Waals surface area (Å²) in [7, 11) is 0. The Hall–Kier alpha value is -2.14. The molecule has 0 bridgehead atoms. The molecule has 5 heteroatoms. The fourth-order valence-electron chi connectivity index (χ4n) is 2.29. The second kappa shape index (κ2) is 5.33. The van der Waals surface area contributed by atoms with Gasteiger partial charge < -0.3 is 9.67 Å². The Balaban J connectivity index is 1.95. The average Bonchev–Trinajstić information content (AvgIpc) is 3.06. The first-order chi connectivity index (χ1) is 10.0. The van der Waals surface area contributed by atoms with Gasteiger partial charge in [-0.2, -0.15) is 0 Å². The van der Waals surface area contributed by atoms with E-state index in [1.165, 1.54) is 0 Å². The van der Waals surface area contributed by atoms with Crippen LogP contribution >= 0.6 is 11.3 Å². The van der Waals surface area contributed by atoms with Gasteiger partial charge in [-0.25, -0.2) is 9.78 Å². The first kappa shape index (κ1) is 13.8. The van der Waals surface area contributed by atoms with Crippen LogP contribution in [0.2, 0.25) is 0 Å². The van der Waals surface area contributed by atoms with Crippen molar-refractivity contribution >= 4 is 28.2 Å². The largest absolute Gasteiger partial charge is 0.478 e. The summed E-state index contributed by atoms with van der Waals surface area (Å²) in [5, 5.41) is 13.4. The van der Waals surface area contributed by atoms with Crippen molar-refractivity contribution in [1.29, 1.82) is 0 Å². The van der Waals surface area contributed by atoms with Crippen LogP contribution in [0, 0.1) is 0 Å². The molecule has 2 aromatic heterocycles. The summed E-state index contributed by atoms with van der Waals surface area (Å²) in [6.07, 6.45) is 1.98. The fraction of sp³-hybridized carbons (Fsp3) is 0.250. The van der Waals surface area contributed by atoms with Gasteiger partial charge in [0, 0.05) is 23.0 Å². The van der Waals surface area contributed by atoms with Crippen LogP contribution in [0.3, 0.4) is 0 Å². The molecule has 0 amide bonds. The second-order valence-electron chi connectivity index (χ2n) is 5.35. The Morgan fingerprint density at radius 3 is 2.86 bits per heavy atom. The van der Waals surface area contributed by atoms with Gasteiger partial charge >= 0.3 is 5.97 Å². The van der Waals surface area contributed by atoms with Crippen molar-refractivity contribution in [2.75, 3.05) is 0 Å². The summed E-state index contributed by atoms with van der Waals surface area (Å²) in [5.74, 6) is -0.468. The lowest BCUT2D eigenvalue weighted by Crippen LogP contribution is -2.01. The van der Waals surface area contributed by atoms with E-state index < -0.39 is 5.97 Å². The number of fused-ring (bicyclic) bond motifs is 1. The smallest absolute Gasteiger partial charge is 0.335 e. The molecule has 0 atom stereocenters. The third kappa shape index (κ3) is 2.69. The number of carbonyl (C=O) groups is 1. The highest BCUT2D eigenvalue weighted by molar-refractivity contribution is 7.09. The third-order valence-corrected chi connectivity index (χ3v) is 4.61. The van der Waals surface area contributed by atoms with Crippen molar-refractivity contribution in [3.8, 4) is 0 Å². The number of thiazole rings is 1. The van der Waals surface area contributed by atoms with Crippen molar-refractivity contribution in [3.63, 3.8) is 0 Å². The predicted molar refractivity (Wildman–Crippen MR) is 84.2 cm³/mol. The Kier molecular flexibility index (Phi) is 3.51. The molecule has 108 valence electrons. The zero-order chi connectivity index (χ0) is 15.0. The van der Waals surface area contributed by atoms with Gasteiger partial charge in [-0.15, -0.1) is 11.3 Å². The molecular formula is C16H16N2O2S. The molecule has 21 heavy (non-hydrogen) atoms. The lowest BCUT2D eigenvalue weighted by Gasteiger charge is -2.04. The predicted octanol–water partition coefficient (Wildman–Crippen LogP) is 3.97. The fourth-order valence-corrected chi connectivity index (χ4v) is 3.12. The van der Waals surface area contributed by atoms with Crippen molar-refractivity contribution in [2.45, 2.75) is 26.3 Å². The highest BCUT2D eigenvalue weighted by Gasteiger charge is 2.10. The minimum absolute atomic E-state index is 0.309. The quantitative estimate of drug-likeness (QED) is 0.793. The van der Waals surface area contributed by atoms with Gasteiger partial charge in [0.25, 0.3) is 0 Å². The van der Waals surface area contributed by atoms with Crippen LogP contribution in [0.4, 0.5) is 0 Å². The molecule has 2 heterocycles. The molecule has 0 spiro atoms. The summed E-state index contributed by atoms with van der Waals surface area (Å²) >= 11 is 1.67. The maximum atomic E-state index is 11.1. The first-order valence-corrected chi connectivity index (χ1v) is 7.69. The standard InChI is InChI=1S/C16H16N2O2S/c1-10(2)15-17-13(9-21-15)8-18-6-5-11-3-4-12(16(19)20)7-14(11)18/h3-7,9-10H,8H2,1-2H3,(H,19,20). The van der Waals surface area contributed by atoms with E-state index in [1.807, 2.05) is 22.9 Å². The van der Waals surface area contributed by atoms with Crippen LogP contribution in [-0.4, -0.2) is 20.6 Å². The number of carboxylic acids is 1. The Labute approximate surface area is 126 Å². The molecule has 1 aromatic carbocycles. The monoisotopic (exact) mass is 300 g/mol. The maximum Gasteiger partial charge on any atom is 0.335 e. The molecule has 0 aliphatic heterocycles. The molecule has 4 nitrogen and oxygen atoms in total. The van der Waals surface area contributed by atoms with Crippen LogP contribution < -0.4 is 0 Å². The summed E-state index contributed by atoms with van der Waals surface area (Å²) in [4.78, 5) is 15.7. The van der Waals surface area contributed by atoms with E-state index in [9.17, 15) is 4.79 Å². The maximum absolute atomic E-state index is 11.1. The van der Waals surface area contributed by atoms with Crippen LogP contribution in [-0.2, 0) is 6.54 Å². The zero-order valence-corrected chi connectivity index (χ0v) is 12.7. The minimum atomic E-state index is -0.902. The number of benzene rings is 1. The Bertz CT molecular complexity index is 802. The van der Waals surface area contributed by atoms with Crippen molar-refractivity contribution in [2.24, 2.45) is 0 Å². The van der Waals surface area contributed by atoms with Crippen LogP contribution in [0.5, 0.6) is 0 Å². The highest BCUT2D eigenvalue weighted by atomic mass is 32.1. The van der Waals surface area contributed by atoms with E-state index in [2.05, 4.69) is 24.2 Å². The minimum Gasteiger partial charge on any atom is -0.478 e. The van der Waals surface area contributed by atoms with Gasteiger partial charge in [0.2, 0.25) is 0 Å². The summed E-state index contributed by atoms with van der Waals surface area (Å²) in [6, 6.07) is 7.19. The van der Waals surface area contributed by atoms with Gasteiger partial charge in [0.05, 0.1) is 22.8 Å². The molecule has 3 rings (SSSR count). The lowest BCUT2D eigenvalue weighted by atomic mass is 10.1. The van der Waals surface area contributed by atoms with Crippen molar-refractivity contribution < 1.29 is 9.90 Å². The van der Waals surface area contributed by atoms with E-state index in [4.69, 9.17) is 5.11 Å². The van der Waals surface area contributed by atoms with Gasteiger partial charge in [-0.1, -0.05) is 19.9 Å². The average molecular weight is 300 g/mol. The first-order valence-electron chi connectivity index (χ1n) is 6.81. The van der Waals surface area contributed by atoms with E-state index in [-0.39, 0.29) is 0 Å². The van der Waals surface area contributed by atoms with Crippen molar-refractivity contribution in [3.05, 3.63) is 52.1 Å². The molecule has 0 saturated carbocycles. The summed E-state index contributed by atoms with van der Waals surface area (Å²) in [5.41, 5.74) is 2.25. The van der Waals surface area contributed by atoms with Gasteiger partial charge in [0.15, 0.2) is 0 Å². The van der Waals surface area contributed by atoms with Gasteiger partial charge in [-0.3, -0.25) is 0 Å². The summed E-state index contributed by atoms with van der Waals surface area (Å²) in [6.45, 7) is 4.93. The van der Waals surface area contributed by atoms with Crippen LogP contribution in [0.1, 0.15) is 40.8 Å². The van der Waals surface area contributed by atoms with Gasteiger partial charge in [0.1, 0.15) is 0 Å². The number of rotatable bonds is 4. The Morgan fingerprint density at radius 2 is 2.19 bits per heavy atom. The molecule has 0 saturated heterocycles. The number of hydrogen-bond acceptors (Lipinski definition) is 3. The Morgan fingerprint density at radius 1 is 1.38 bits per heavy atom. The van der Waals surface area contributed by atoms with E-state index in [0.29, 0.717) is 18.0 Å². The highest BCUT2D eigenvalue weighted by Crippen LogP contribution is 2.22. The topological polar surface area (TPSA) is 55.1 Å². The normalized spacial score (nSPS) is 11.4. The number of aromatic nitrogens is 2. The summed E-state index contributed by atoms with van der Waals surface area (Å²) < 4.78 is 2.04. The SMILES string of the molecule is CC(C)c1nc(Cn2ccc3ccc(C(=O)O)cc32)cs1. The van der Waals surface area contributed by atoms with E-state index >= 15 is 0 Å². The second-order valence-corrected chi connectivity index (χ2v) is 6.24. The van der Waals surface area contributed by atoms with Crippen LogP contribution in [0.15, 0.2) is 35.8 Å².